The fourth-order valence-corrected chi connectivity index (χ4v) is 3.77. The van der Waals surface area contributed by atoms with E-state index in [4.69, 9.17) is 21.7 Å². The molecule has 2 rings (SSSR count). The highest BCUT2D eigenvalue weighted by Crippen LogP contribution is 2.28. The summed E-state index contributed by atoms with van der Waals surface area (Å²) in [5, 5.41) is 11.8. The van der Waals surface area contributed by atoms with Gasteiger partial charge < -0.3 is 9.47 Å². The summed E-state index contributed by atoms with van der Waals surface area (Å²) in [5.74, 6) is 2.67. The first-order valence-corrected chi connectivity index (χ1v) is 12.1. The van der Waals surface area contributed by atoms with Crippen LogP contribution in [0, 0.1) is 4.77 Å². The number of methoxy groups -OCH3 is 1. The quantitative estimate of drug-likeness (QED) is 0.184. The summed E-state index contributed by atoms with van der Waals surface area (Å²) in [7, 11) is 1.66. The number of ether oxygens (including phenoxy) is 2. The van der Waals surface area contributed by atoms with Crippen LogP contribution >= 0.6 is 12.2 Å². The first-order valence-electron chi connectivity index (χ1n) is 11.7. The number of hydrogen-bond acceptors (Lipinski definition) is 5. The molecule has 0 aliphatic rings. The van der Waals surface area contributed by atoms with Crippen LogP contribution in [0.5, 0.6) is 11.5 Å². The molecule has 0 saturated carbocycles. The molecule has 31 heavy (non-hydrogen) atoms. The smallest absolute Gasteiger partial charge is 0.216 e. The predicted octanol–water partition coefficient (Wildman–Crippen LogP) is 6.86. The molecule has 6 nitrogen and oxygen atoms in total. The fourth-order valence-electron chi connectivity index (χ4n) is 3.58. The molecule has 1 aromatic heterocycles. The Morgan fingerprint density at radius 3 is 2.45 bits per heavy atom. The molecule has 0 bridgehead atoms. The van der Waals surface area contributed by atoms with E-state index in [9.17, 15) is 0 Å². The summed E-state index contributed by atoms with van der Waals surface area (Å²) in [4.78, 5) is 0. The minimum atomic E-state index is 0.321. The molecule has 0 atom stereocenters. The van der Waals surface area contributed by atoms with Crippen LogP contribution in [0.2, 0.25) is 0 Å². The van der Waals surface area contributed by atoms with Gasteiger partial charge in [-0.2, -0.15) is 14.9 Å². The van der Waals surface area contributed by atoms with E-state index >= 15 is 0 Å². The van der Waals surface area contributed by atoms with Gasteiger partial charge in [0.25, 0.3) is 0 Å². The second-order valence-corrected chi connectivity index (χ2v) is 8.22. The van der Waals surface area contributed by atoms with Crippen molar-refractivity contribution in [1.82, 2.24) is 14.9 Å². The number of aromatic nitrogens is 3. The van der Waals surface area contributed by atoms with Crippen molar-refractivity contribution in [3.05, 3.63) is 34.4 Å². The maximum absolute atomic E-state index is 5.95. The van der Waals surface area contributed by atoms with E-state index in [0.29, 0.717) is 23.0 Å². The largest absolute Gasteiger partial charge is 0.493 e. The predicted molar refractivity (Wildman–Crippen MR) is 130 cm³/mol. The maximum Gasteiger partial charge on any atom is 0.216 e. The van der Waals surface area contributed by atoms with Crippen LogP contribution in [0.25, 0.3) is 0 Å². The molecule has 1 heterocycles. The van der Waals surface area contributed by atoms with Gasteiger partial charge in [-0.3, -0.25) is 5.10 Å². The van der Waals surface area contributed by atoms with Crippen LogP contribution in [0.15, 0.2) is 23.3 Å². The first kappa shape index (κ1) is 25.1. The number of H-pyrrole nitrogens is 1. The van der Waals surface area contributed by atoms with Crippen molar-refractivity contribution in [2.75, 3.05) is 13.7 Å². The molecular weight excluding hydrogens is 408 g/mol. The van der Waals surface area contributed by atoms with Gasteiger partial charge in [-0.15, -0.1) is 0 Å². The van der Waals surface area contributed by atoms with Gasteiger partial charge >= 0.3 is 0 Å². The van der Waals surface area contributed by atoms with Gasteiger partial charge in [0.05, 0.1) is 19.9 Å². The SMILES string of the molecule is CCCCCCCCCOc1ccc(/C=N\n2c(C(CC)CC)n[nH]c2=S)cc1OC. The van der Waals surface area contributed by atoms with Crippen molar-refractivity contribution in [3.63, 3.8) is 0 Å². The Morgan fingerprint density at radius 2 is 1.77 bits per heavy atom. The highest BCUT2D eigenvalue weighted by Gasteiger charge is 2.15. The Balaban J connectivity index is 1.96. The number of hydrogen-bond donors (Lipinski definition) is 1. The molecule has 0 spiro atoms. The number of unbranched alkanes of at least 4 members (excludes halogenated alkanes) is 6. The van der Waals surface area contributed by atoms with Gasteiger partial charge in [0.2, 0.25) is 4.77 Å². The first-order chi connectivity index (χ1) is 15.1. The van der Waals surface area contributed by atoms with Crippen molar-refractivity contribution >= 4 is 18.4 Å². The zero-order valence-corrected chi connectivity index (χ0v) is 20.3. The third-order valence-electron chi connectivity index (χ3n) is 5.54. The number of nitrogens with zero attached hydrogens (tertiary/aromatic N) is 3. The lowest BCUT2D eigenvalue weighted by molar-refractivity contribution is 0.284. The lowest BCUT2D eigenvalue weighted by Crippen LogP contribution is -2.05. The van der Waals surface area contributed by atoms with E-state index in [-0.39, 0.29) is 0 Å². The molecule has 0 radical (unpaired) electrons. The Hall–Kier alpha value is -2.15. The molecule has 0 aliphatic heterocycles. The number of aromatic amines is 1. The van der Waals surface area contributed by atoms with Crippen molar-refractivity contribution in [3.8, 4) is 11.5 Å². The maximum atomic E-state index is 5.95. The molecule has 1 aromatic carbocycles. The van der Waals surface area contributed by atoms with E-state index in [2.05, 4.69) is 36.1 Å². The number of nitrogens with one attached hydrogen (secondary N) is 1. The highest BCUT2D eigenvalue weighted by atomic mass is 32.1. The molecule has 172 valence electrons. The van der Waals surface area contributed by atoms with Gasteiger partial charge in [-0.05, 0) is 55.2 Å². The molecule has 0 aliphatic carbocycles. The van der Waals surface area contributed by atoms with Gasteiger partial charge in [-0.1, -0.05) is 59.3 Å². The van der Waals surface area contributed by atoms with Gasteiger partial charge in [0.15, 0.2) is 17.3 Å². The average Bonchev–Trinajstić information content (AvgIpc) is 3.15. The van der Waals surface area contributed by atoms with Crippen LogP contribution in [-0.2, 0) is 0 Å². The third-order valence-corrected chi connectivity index (χ3v) is 5.81. The van der Waals surface area contributed by atoms with Crippen LogP contribution in [0.4, 0.5) is 0 Å². The second kappa shape index (κ2) is 14.0. The summed E-state index contributed by atoms with van der Waals surface area (Å²) >= 11 is 5.36. The minimum Gasteiger partial charge on any atom is -0.493 e. The van der Waals surface area contributed by atoms with Crippen molar-refractivity contribution < 1.29 is 9.47 Å². The minimum absolute atomic E-state index is 0.321. The molecule has 0 saturated heterocycles. The van der Waals surface area contributed by atoms with Crippen molar-refractivity contribution in [2.45, 2.75) is 84.5 Å². The van der Waals surface area contributed by atoms with Gasteiger partial charge in [0.1, 0.15) is 0 Å². The molecule has 7 heteroatoms. The topological polar surface area (TPSA) is 64.4 Å². The molecule has 1 N–H and O–H groups in total. The van der Waals surface area contributed by atoms with E-state index in [1.165, 1.54) is 38.5 Å². The van der Waals surface area contributed by atoms with E-state index in [1.807, 2.05) is 18.2 Å². The average molecular weight is 447 g/mol. The lowest BCUT2D eigenvalue weighted by Gasteiger charge is -2.12. The summed E-state index contributed by atoms with van der Waals surface area (Å²) in [6, 6.07) is 5.86. The summed E-state index contributed by atoms with van der Waals surface area (Å²) < 4.78 is 13.7. The summed E-state index contributed by atoms with van der Waals surface area (Å²) in [6.07, 6.45) is 12.6. The third kappa shape index (κ3) is 7.80. The zero-order chi connectivity index (χ0) is 22.5. The number of rotatable bonds is 15. The van der Waals surface area contributed by atoms with Gasteiger partial charge in [0, 0.05) is 5.92 Å². The monoisotopic (exact) mass is 446 g/mol. The highest BCUT2D eigenvalue weighted by molar-refractivity contribution is 7.71. The number of benzene rings is 1. The van der Waals surface area contributed by atoms with Crippen molar-refractivity contribution in [1.29, 1.82) is 0 Å². The van der Waals surface area contributed by atoms with E-state index in [0.717, 1.165) is 36.4 Å². The second-order valence-electron chi connectivity index (χ2n) is 7.84. The van der Waals surface area contributed by atoms with E-state index < -0.39 is 0 Å². The van der Waals surface area contributed by atoms with Crippen LogP contribution in [0.3, 0.4) is 0 Å². The van der Waals surface area contributed by atoms with Gasteiger partial charge in [-0.25, -0.2) is 0 Å². The van der Waals surface area contributed by atoms with Crippen molar-refractivity contribution in [2.24, 2.45) is 5.10 Å². The summed E-state index contributed by atoms with van der Waals surface area (Å²) in [5.41, 5.74) is 0.915. The molecule has 0 unspecified atom stereocenters. The molecule has 0 amide bonds. The Morgan fingerprint density at radius 1 is 1.06 bits per heavy atom. The van der Waals surface area contributed by atoms with E-state index in [1.54, 1.807) is 18.0 Å². The van der Waals surface area contributed by atoms with Crippen LogP contribution in [0.1, 0.15) is 95.9 Å². The van der Waals surface area contributed by atoms with Crippen LogP contribution in [-0.4, -0.2) is 34.8 Å². The standard InChI is InChI=1S/C24H38N4O2S/c1-5-8-9-10-11-12-13-16-30-21-15-14-19(17-22(21)29-4)18-25-28-23(20(6-2)7-3)26-27-24(28)31/h14-15,17-18,20H,5-13,16H2,1-4H3,(H,27,31)/b25-18-. The Bertz CT molecular complexity index is 856. The fraction of sp³-hybridized carbons (Fsp3) is 0.625. The Labute approximate surface area is 192 Å². The molecule has 2 aromatic rings. The lowest BCUT2D eigenvalue weighted by atomic mass is 10.0. The molecular formula is C24H38N4O2S. The Kier molecular flexibility index (Phi) is 11.4. The zero-order valence-electron chi connectivity index (χ0n) is 19.5. The summed E-state index contributed by atoms with van der Waals surface area (Å²) in [6.45, 7) is 7.25. The normalized spacial score (nSPS) is 11.5. The molecule has 0 fully saturated rings. The van der Waals surface area contributed by atoms with Crippen LogP contribution < -0.4 is 9.47 Å².